The monoisotopic (exact) mass is 192 g/mol. The van der Waals surface area contributed by atoms with Crippen molar-refractivity contribution in [3.8, 4) is 0 Å². The highest BCUT2D eigenvalue weighted by molar-refractivity contribution is 9.07. The Morgan fingerprint density at radius 1 is 1.78 bits per heavy atom. The molecule has 52 valence electrons. The molecule has 0 saturated carbocycles. The fourth-order valence-corrected chi connectivity index (χ4v) is 1.16. The van der Waals surface area contributed by atoms with Gasteiger partial charge in [0.25, 0.3) is 0 Å². The van der Waals surface area contributed by atoms with E-state index in [-0.39, 0.29) is 0 Å². The van der Waals surface area contributed by atoms with E-state index in [9.17, 15) is 0 Å². The van der Waals surface area contributed by atoms with Crippen molar-refractivity contribution in [2.45, 2.75) is 6.42 Å². The summed E-state index contributed by atoms with van der Waals surface area (Å²) >= 11 is 3.27. The van der Waals surface area contributed by atoms with Crippen LogP contribution in [0.2, 0.25) is 0 Å². The molecule has 0 radical (unpaired) electrons. The standard InChI is InChI=1S/C4H9BrN4/c5-9-3-1-2-7-4(9)8-6/h1-3,6H2,(H,7,8). The number of hydrogen-bond acceptors (Lipinski definition) is 4. The molecule has 3 N–H and O–H groups in total. The van der Waals surface area contributed by atoms with Gasteiger partial charge in [-0.1, -0.05) is 0 Å². The molecule has 0 aromatic carbocycles. The third-order valence-corrected chi connectivity index (χ3v) is 1.82. The van der Waals surface area contributed by atoms with Crippen molar-refractivity contribution >= 4 is 22.1 Å². The predicted octanol–water partition coefficient (Wildman–Crippen LogP) is -0.179. The molecule has 1 heterocycles. The van der Waals surface area contributed by atoms with Crippen molar-refractivity contribution in [3.05, 3.63) is 0 Å². The van der Waals surface area contributed by atoms with Gasteiger partial charge in [0.05, 0.1) is 16.1 Å². The van der Waals surface area contributed by atoms with Gasteiger partial charge in [-0.15, -0.1) is 0 Å². The highest BCUT2D eigenvalue weighted by atomic mass is 79.9. The van der Waals surface area contributed by atoms with E-state index in [4.69, 9.17) is 5.84 Å². The van der Waals surface area contributed by atoms with Gasteiger partial charge in [-0.2, -0.15) is 0 Å². The number of nitrogens with two attached hydrogens (primary N) is 1. The van der Waals surface area contributed by atoms with Crippen LogP contribution in [-0.4, -0.2) is 23.0 Å². The van der Waals surface area contributed by atoms with Crippen LogP contribution in [0.5, 0.6) is 0 Å². The Labute approximate surface area is 62.4 Å². The first-order valence-electron chi connectivity index (χ1n) is 2.79. The van der Waals surface area contributed by atoms with Crippen molar-refractivity contribution in [2.75, 3.05) is 13.1 Å². The second-order valence-corrected chi connectivity index (χ2v) is 2.65. The SMILES string of the molecule is NNC1=NCCCN1Br. The summed E-state index contributed by atoms with van der Waals surface area (Å²) < 4.78 is 1.82. The minimum Gasteiger partial charge on any atom is -0.294 e. The van der Waals surface area contributed by atoms with Crippen LogP contribution in [0.3, 0.4) is 0 Å². The Bertz CT molecular complexity index is 124. The summed E-state index contributed by atoms with van der Waals surface area (Å²) in [4.78, 5) is 4.09. The fourth-order valence-electron chi connectivity index (χ4n) is 0.693. The summed E-state index contributed by atoms with van der Waals surface area (Å²) in [5.74, 6) is 5.85. The normalized spacial score (nSPS) is 19.3. The average molecular weight is 193 g/mol. The number of aliphatic imine (C=N–C) groups is 1. The van der Waals surface area contributed by atoms with Crippen LogP contribution in [-0.2, 0) is 0 Å². The predicted molar refractivity (Wildman–Crippen MR) is 39.9 cm³/mol. The second kappa shape index (κ2) is 3.03. The fraction of sp³-hybridized carbons (Fsp3) is 0.750. The Balaban J connectivity index is 2.53. The summed E-state index contributed by atoms with van der Waals surface area (Å²) in [5, 5.41) is 0. The van der Waals surface area contributed by atoms with Crippen molar-refractivity contribution in [2.24, 2.45) is 10.8 Å². The van der Waals surface area contributed by atoms with Gasteiger partial charge < -0.3 is 0 Å². The van der Waals surface area contributed by atoms with Gasteiger partial charge in [-0.25, -0.2) is 5.84 Å². The van der Waals surface area contributed by atoms with Crippen LogP contribution in [0.1, 0.15) is 6.42 Å². The molecule has 0 fully saturated rings. The topological polar surface area (TPSA) is 53.6 Å². The molecule has 0 saturated heterocycles. The lowest BCUT2D eigenvalue weighted by molar-refractivity contribution is 0.583. The molecule has 4 nitrogen and oxygen atoms in total. The largest absolute Gasteiger partial charge is 0.294 e. The molecule has 1 rings (SSSR count). The maximum Gasteiger partial charge on any atom is 0.218 e. The van der Waals surface area contributed by atoms with Gasteiger partial charge in [-0.05, 0) is 6.42 Å². The Morgan fingerprint density at radius 3 is 3.00 bits per heavy atom. The minimum atomic E-state index is 0.709. The van der Waals surface area contributed by atoms with E-state index < -0.39 is 0 Å². The molecule has 0 aromatic heterocycles. The van der Waals surface area contributed by atoms with Crippen molar-refractivity contribution in [1.82, 2.24) is 9.35 Å². The number of hydrazine groups is 1. The highest BCUT2D eigenvalue weighted by Crippen LogP contribution is 2.04. The van der Waals surface area contributed by atoms with Crippen molar-refractivity contribution in [3.63, 3.8) is 0 Å². The van der Waals surface area contributed by atoms with Gasteiger partial charge >= 0.3 is 0 Å². The Kier molecular flexibility index (Phi) is 2.29. The zero-order chi connectivity index (χ0) is 6.69. The van der Waals surface area contributed by atoms with Crippen molar-refractivity contribution < 1.29 is 0 Å². The lowest BCUT2D eigenvalue weighted by Crippen LogP contribution is -2.42. The van der Waals surface area contributed by atoms with E-state index in [1.54, 1.807) is 0 Å². The molecule has 9 heavy (non-hydrogen) atoms. The van der Waals surface area contributed by atoms with Crippen LogP contribution in [0, 0.1) is 0 Å². The Hall–Kier alpha value is -0.290. The summed E-state index contributed by atoms with van der Waals surface area (Å²) in [7, 11) is 0. The molecule has 0 spiro atoms. The first-order chi connectivity index (χ1) is 4.34. The summed E-state index contributed by atoms with van der Waals surface area (Å²) in [6, 6.07) is 0. The average Bonchev–Trinajstić information content (AvgIpc) is 1.89. The maximum atomic E-state index is 5.14. The van der Waals surface area contributed by atoms with Crippen LogP contribution in [0.25, 0.3) is 0 Å². The van der Waals surface area contributed by atoms with E-state index in [2.05, 4.69) is 26.6 Å². The number of nitrogens with zero attached hydrogens (tertiary/aromatic N) is 2. The number of hydrogen-bond donors (Lipinski definition) is 2. The first-order valence-corrected chi connectivity index (χ1v) is 3.50. The van der Waals surface area contributed by atoms with Gasteiger partial charge in [0.15, 0.2) is 0 Å². The van der Waals surface area contributed by atoms with Crippen LogP contribution < -0.4 is 11.3 Å². The third kappa shape index (κ3) is 1.56. The molecule has 0 amide bonds. The summed E-state index contributed by atoms with van der Waals surface area (Å²) in [5.41, 5.74) is 2.48. The molecular formula is C4H9BrN4. The number of guanidine groups is 1. The van der Waals surface area contributed by atoms with E-state index in [1.807, 2.05) is 3.93 Å². The minimum absolute atomic E-state index is 0.709. The van der Waals surface area contributed by atoms with Crippen LogP contribution >= 0.6 is 16.1 Å². The summed E-state index contributed by atoms with van der Waals surface area (Å²) in [6.07, 6.45) is 1.08. The Morgan fingerprint density at radius 2 is 2.56 bits per heavy atom. The number of nitrogens with one attached hydrogen (secondary N) is 1. The zero-order valence-corrected chi connectivity index (χ0v) is 6.56. The third-order valence-electron chi connectivity index (χ3n) is 1.13. The van der Waals surface area contributed by atoms with Gasteiger partial charge in [0, 0.05) is 13.1 Å². The van der Waals surface area contributed by atoms with Crippen LogP contribution in [0.15, 0.2) is 4.99 Å². The van der Waals surface area contributed by atoms with Gasteiger partial charge in [0.2, 0.25) is 5.96 Å². The number of halogens is 1. The quantitative estimate of drug-likeness (QED) is 0.319. The van der Waals surface area contributed by atoms with E-state index in [0.717, 1.165) is 19.5 Å². The molecule has 1 aliphatic rings. The smallest absolute Gasteiger partial charge is 0.218 e. The molecule has 0 atom stereocenters. The zero-order valence-electron chi connectivity index (χ0n) is 4.97. The number of rotatable bonds is 0. The van der Waals surface area contributed by atoms with E-state index in [1.165, 1.54) is 0 Å². The second-order valence-electron chi connectivity index (χ2n) is 1.79. The summed E-state index contributed by atoms with van der Waals surface area (Å²) in [6.45, 7) is 1.82. The lowest BCUT2D eigenvalue weighted by Gasteiger charge is -2.20. The molecule has 0 bridgehead atoms. The van der Waals surface area contributed by atoms with Gasteiger partial charge in [0.1, 0.15) is 0 Å². The van der Waals surface area contributed by atoms with E-state index >= 15 is 0 Å². The van der Waals surface area contributed by atoms with Gasteiger partial charge in [-0.3, -0.25) is 14.3 Å². The lowest BCUT2D eigenvalue weighted by atomic mass is 10.4. The highest BCUT2D eigenvalue weighted by Gasteiger charge is 2.09. The molecule has 5 heteroatoms. The van der Waals surface area contributed by atoms with Crippen LogP contribution in [0.4, 0.5) is 0 Å². The molecule has 1 aliphatic heterocycles. The van der Waals surface area contributed by atoms with E-state index in [0.29, 0.717) is 5.96 Å². The molecule has 0 unspecified atom stereocenters. The molecule has 0 aliphatic carbocycles. The van der Waals surface area contributed by atoms with Crippen molar-refractivity contribution in [1.29, 1.82) is 0 Å². The maximum absolute atomic E-state index is 5.14. The molecular weight excluding hydrogens is 184 g/mol. The first kappa shape index (κ1) is 6.82. The molecule has 0 aromatic rings.